The van der Waals surface area contributed by atoms with Gasteiger partial charge in [0.2, 0.25) is 0 Å². The van der Waals surface area contributed by atoms with Crippen molar-refractivity contribution in [3.05, 3.63) is 41.3 Å². The summed E-state index contributed by atoms with van der Waals surface area (Å²) in [5.41, 5.74) is 1.19. The monoisotopic (exact) mass is 264 g/mol. The van der Waals surface area contributed by atoms with E-state index in [1.807, 2.05) is 12.1 Å². The van der Waals surface area contributed by atoms with Gasteiger partial charge >= 0.3 is 0 Å². The van der Waals surface area contributed by atoms with Crippen LogP contribution in [0.5, 0.6) is 0 Å². The van der Waals surface area contributed by atoms with E-state index in [2.05, 4.69) is 29.2 Å². The third kappa shape index (κ3) is 3.09. The highest BCUT2D eigenvalue weighted by molar-refractivity contribution is 6.30. The Labute approximate surface area is 112 Å². The fraction of sp³-hybridized carbons (Fsp3) is 0.385. The third-order valence-corrected chi connectivity index (χ3v) is 2.95. The summed E-state index contributed by atoms with van der Waals surface area (Å²) >= 11 is 5.86. The van der Waals surface area contributed by atoms with Crippen LogP contribution in [-0.4, -0.2) is 21.3 Å². The number of hydrogen-bond donors (Lipinski definition) is 1. The number of nitrogens with one attached hydrogen (secondary N) is 1. The second-order valence-electron chi connectivity index (χ2n) is 4.23. The molecule has 0 aliphatic carbocycles. The number of rotatable bonds is 5. The van der Waals surface area contributed by atoms with Gasteiger partial charge in [0, 0.05) is 12.2 Å². The first-order valence-electron chi connectivity index (χ1n) is 6.10. The van der Waals surface area contributed by atoms with Crippen molar-refractivity contribution < 1.29 is 0 Å². The Balaban J connectivity index is 2.19. The molecule has 0 aliphatic heterocycles. The van der Waals surface area contributed by atoms with Crippen LogP contribution in [0.25, 0.3) is 5.82 Å². The lowest BCUT2D eigenvalue weighted by Crippen LogP contribution is -2.19. The number of pyridine rings is 1. The van der Waals surface area contributed by atoms with E-state index in [1.165, 1.54) is 5.56 Å². The summed E-state index contributed by atoms with van der Waals surface area (Å²) in [7, 11) is 0. The van der Waals surface area contributed by atoms with E-state index in [9.17, 15) is 0 Å². The highest BCUT2D eigenvalue weighted by Gasteiger charge is 2.07. The molecule has 2 aromatic heterocycles. The van der Waals surface area contributed by atoms with Gasteiger partial charge in [0.25, 0.3) is 0 Å². The van der Waals surface area contributed by atoms with Crippen molar-refractivity contribution in [2.45, 2.75) is 26.3 Å². The highest BCUT2D eigenvalue weighted by Crippen LogP contribution is 2.16. The molecule has 0 amide bonds. The third-order valence-electron chi connectivity index (χ3n) is 2.76. The quantitative estimate of drug-likeness (QED) is 0.903. The molecule has 1 atom stereocenters. The zero-order valence-corrected chi connectivity index (χ0v) is 11.4. The van der Waals surface area contributed by atoms with Crippen LogP contribution in [0.1, 0.15) is 31.9 Å². The number of nitrogens with zero attached hydrogens (tertiary/aromatic N) is 3. The van der Waals surface area contributed by atoms with Crippen molar-refractivity contribution >= 4 is 11.6 Å². The van der Waals surface area contributed by atoms with Gasteiger partial charge in [-0.05, 0) is 37.6 Å². The molecule has 1 unspecified atom stereocenters. The van der Waals surface area contributed by atoms with E-state index >= 15 is 0 Å². The van der Waals surface area contributed by atoms with Crippen molar-refractivity contribution in [1.29, 1.82) is 0 Å². The van der Waals surface area contributed by atoms with Gasteiger partial charge in [0.1, 0.15) is 0 Å². The molecule has 96 valence electrons. The second kappa shape index (κ2) is 5.98. The van der Waals surface area contributed by atoms with E-state index in [1.54, 1.807) is 23.3 Å². The first-order chi connectivity index (χ1) is 8.70. The maximum Gasteiger partial charge on any atom is 0.153 e. The fourth-order valence-corrected chi connectivity index (χ4v) is 1.87. The van der Waals surface area contributed by atoms with Crippen molar-refractivity contribution in [2.24, 2.45) is 0 Å². The van der Waals surface area contributed by atoms with Crippen LogP contribution in [0.15, 0.2) is 30.7 Å². The largest absolute Gasteiger partial charge is 0.310 e. The molecule has 0 bridgehead atoms. The molecule has 1 N–H and O–H groups in total. The lowest BCUT2D eigenvalue weighted by molar-refractivity contribution is 0.569. The van der Waals surface area contributed by atoms with Crippen molar-refractivity contribution in [3.8, 4) is 5.82 Å². The molecule has 2 aromatic rings. The molecule has 2 rings (SSSR count). The molecule has 0 saturated carbocycles. The van der Waals surface area contributed by atoms with Crippen LogP contribution in [0.4, 0.5) is 0 Å². The van der Waals surface area contributed by atoms with E-state index < -0.39 is 0 Å². The number of halogens is 1. The predicted octanol–water partition coefficient (Wildman–Crippen LogP) is 2.98. The molecule has 0 radical (unpaired) electrons. The molecule has 0 fully saturated rings. The highest BCUT2D eigenvalue weighted by atomic mass is 35.5. The molecule has 0 aromatic carbocycles. The molecule has 18 heavy (non-hydrogen) atoms. The average Bonchev–Trinajstić information content (AvgIpc) is 2.83. The van der Waals surface area contributed by atoms with Crippen LogP contribution < -0.4 is 5.32 Å². The van der Waals surface area contributed by atoms with Crippen LogP contribution in [0.2, 0.25) is 5.02 Å². The van der Waals surface area contributed by atoms with Gasteiger partial charge in [-0.15, -0.1) is 0 Å². The zero-order chi connectivity index (χ0) is 13.0. The van der Waals surface area contributed by atoms with Crippen LogP contribution in [-0.2, 0) is 0 Å². The summed E-state index contributed by atoms with van der Waals surface area (Å²) in [4.78, 5) is 4.30. The van der Waals surface area contributed by atoms with E-state index in [4.69, 9.17) is 11.6 Å². The molecule has 0 aliphatic rings. The van der Waals surface area contributed by atoms with Gasteiger partial charge in [-0.1, -0.05) is 18.5 Å². The van der Waals surface area contributed by atoms with Crippen LogP contribution in [0, 0.1) is 0 Å². The molecule has 0 saturated heterocycles. The Morgan fingerprint density at radius 3 is 3.00 bits per heavy atom. The minimum Gasteiger partial charge on any atom is -0.310 e. The fourth-order valence-electron chi connectivity index (χ4n) is 1.73. The Kier molecular flexibility index (Phi) is 4.33. The van der Waals surface area contributed by atoms with Crippen molar-refractivity contribution in [1.82, 2.24) is 20.1 Å². The SMILES string of the molecule is CCCNC(C)c1ccnc(-n2cc(Cl)cn2)c1. The summed E-state index contributed by atoms with van der Waals surface area (Å²) in [6.07, 6.45) is 6.27. The maximum absolute atomic E-state index is 5.86. The van der Waals surface area contributed by atoms with Crippen LogP contribution >= 0.6 is 11.6 Å². The Bertz CT molecular complexity index is 509. The lowest BCUT2D eigenvalue weighted by atomic mass is 10.1. The first-order valence-corrected chi connectivity index (χ1v) is 6.48. The molecule has 2 heterocycles. The van der Waals surface area contributed by atoms with Crippen molar-refractivity contribution in [3.63, 3.8) is 0 Å². The normalized spacial score (nSPS) is 12.6. The van der Waals surface area contributed by atoms with Crippen LogP contribution in [0.3, 0.4) is 0 Å². The minimum atomic E-state index is 0.303. The van der Waals surface area contributed by atoms with Gasteiger partial charge in [-0.25, -0.2) is 9.67 Å². The lowest BCUT2D eigenvalue weighted by Gasteiger charge is -2.14. The van der Waals surface area contributed by atoms with Gasteiger partial charge in [0.15, 0.2) is 5.82 Å². The Morgan fingerprint density at radius 2 is 2.33 bits per heavy atom. The van der Waals surface area contributed by atoms with E-state index in [0.717, 1.165) is 18.8 Å². The van der Waals surface area contributed by atoms with Crippen molar-refractivity contribution in [2.75, 3.05) is 6.54 Å². The van der Waals surface area contributed by atoms with Gasteiger partial charge in [0.05, 0.1) is 17.4 Å². The maximum atomic E-state index is 5.86. The summed E-state index contributed by atoms with van der Waals surface area (Å²) in [6, 6.07) is 4.34. The zero-order valence-electron chi connectivity index (χ0n) is 10.6. The second-order valence-corrected chi connectivity index (χ2v) is 4.66. The first kappa shape index (κ1) is 13.1. The summed E-state index contributed by atoms with van der Waals surface area (Å²) in [5, 5.41) is 8.21. The topological polar surface area (TPSA) is 42.7 Å². The summed E-state index contributed by atoms with van der Waals surface area (Å²) in [6.45, 7) is 5.31. The number of hydrogen-bond acceptors (Lipinski definition) is 3. The van der Waals surface area contributed by atoms with Gasteiger partial charge < -0.3 is 5.32 Å². The van der Waals surface area contributed by atoms with E-state index in [0.29, 0.717) is 11.1 Å². The molecular formula is C13H17ClN4. The summed E-state index contributed by atoms with van der Waals surface area (Å²) < 4.78 is 1.68. The Morgan fingerprint density at radius 1 is 1.50 bits per heavy atom. The smallest absolute Gasteiger partial charge is 0.153 e. The Hall–Kier alpha value is -1.39. The number of aromatic nitrogens is 3. The molecule has 4 nitrogen and oxygen atoms in total. The predicted molar refractivity (Wildman–Crippen MR) is 73.1 cm³/mol. The molecule has 5 heteroatoms. The van der Waals surface area contributed by atoms with Gasteiger partial charge in [-0.2, -0.15) is 5.10 Å². The minimum absolute atomic E-state index is 0.303. The average molecular weight is 265 g/mol. The van der Waals surface area contributed by atoms with E-state index in [-0.39, 0.29) is 0 Å². The summed E-state index contributed by atoms with van der Waals surface area (Å²) in [5.74, 6) is 0.782. The standard InChI is InChI=1S/C13H17ClN4/c1-3-5-15-10(2)11-4-6-16-13(7-11)18-9-12(14)8-17-18/h4,6-10,15H,3,5H2,1-2H3. The molecular weight excluding hydrogens is 248 g/mol. The van der Waals surface area contributed by atoms with Gasteiger partial charge in [-0.3, -0.25) is 0 Å². The molecule has 0 spiro atoms.